The summed E-state index contributed by atoms with van der Waals surface area (Å²) in [4.78, 5) is 0. The lowest BCUT2D eigenvalue weighted by Crippen LogP contribution is -2.01. The van der Waals surface area contributed by atoms with Gasteiger partial charge in [0, 0.05) is 0 Å². The van der Waals surface area contributed by atoms with Crippen molar-refractivity contribution < 1.29 is 14.2 Å². The zero-order valence-electron chi connectivity index (χ0n) is 15.0. The van der Waals surface area contributed by atoms with Crippen molar-refractivity contribution >= 4 is 29.3 Å². The molecule has 4 aromatic rings. The fraction of sp³-hybridized carbons (Fsp3) is 0.0526. The van der Waals surface area contributed by atoms with Gasteiger partial charge in [-0.25, -0.2) is 4.39 Å². The number of halogens is 2. The highest BCUT2D eigenvalue weighted by molar-refractivity contribution is 6.33. The van der Waals surface area contributed by atoms with Gasteiger partial charge < -0.3 is 9.84 Å². The number of hydrogen-bond donors (Lipinski definition) is 2. The molecule has 0 bridgehead atoms. The van der Waals surface area contributed by atoms with Crippen molar-refractivity contribution in [2.45, 2.75) is 0 Å². The second-order valence-electron chi connectivity index (χ2n) is 5.91. The van der Waals surface area contributed by atoms with Crippen LogP contribution in [0.2, 0.25) is 5.02 Å². The Balaban J connectivity index is 1.63. The smallest absolute Gasteiger partial charge is 0.189 e. The number of rotatable bonds is 5. The van der Waals surface area contributed by atoms with E-state index in [4.69, 9.17) is 16.3 Å². The molecule has 2 N–H and O–H groups in total. The largest absolute Gasteiger partial charge is 0.504 e. The molecule has 0 saturated carbocycles. The molecule has 0 aliphatic carbocycles. The second-order valence-corrected chi connectivity index (χ2v) is 6.32. The van der Waals surface area contributed by atoms with Gasteiger partial charge in [0.25, 0.3) is 0 Å². The molecular weight excluding hydrogens is 399 g/mol. The fourth-order valence-electron chi connectivity index (χ4n) is 2.66. The van der Waals surface area contributed by atoms with E-state index in [0.717, 1.165) is 0 Å². The van der Waals surface area contributed by atoms with Gasteiger partial charge in [-0.05, 0) is 48.0 Å². The van der Waals surface area contributed by atoms with Crippen molar-refractivity contribution in [3.05, 3.63) is 64.9 Å². The SMILES string of the molecule is COc1cc(C=NNc2ccc3nnc(-c4c(F)cccc4Cl)n3n2)ccc1O. The molecule has 0 spiro atoms. The number of nitrogens with one attached hydrogen (secondary N) is 1. The summed E-state index contributed by atoms with van der Waals surface area (Å²) in [5, 5.41) is 26.3. The van der Waals surface area contributed by atoms with E-state index in [-0.39, 0.29) is 22.2 Å². The van der Waals surface area contributed by atoms with Crippen LogP contribution in [0, 0.1) is 5.82 Å². The zero-order valence-corrected chi connectivity index (χ0v) is 15.8. The lowest BCUT2D eigenvalue weighted by atomic mass is 10.2. The molecule has 10 heteroatoms. The number of aromatic nitrogens is 4. The Morgan fingerprint density at radius 3 is 2.86 bits per heavy atom. The summed E-state index contributed by atoms with van der Waals surface area (Å²) in [5.74, 6) is 0.416. The Morgan fingerprint density at radius 1 is 1.21 bits per heavy atom. The number of hydrogen-bond acceptors (Lipinski definition) is 7. The number of phenols is 1. The first-order valence-corrected chi connectivity index (χ1v) is 8.77. The summed E-state index contributed by atoms with van der Waals surface area (Å²) in [5.41, 5.74) is 4.04. The third-order valence-corrected chi connectivity index (χ3v) is 4.36. The maximum Gasteiger partial charge on any atom is 0.189 e. The Kier molecular flexibility index (Phi) is 4.96. The summed E-state index contributed by atoms with van der Waals surface area (Å²) >= 11 is 6.13. The minimum atomic E-state index is -0.522. The summed E-state index contributed by atoms with van der Waals surface area (Å²) in [6.45, 7) is 0. The van der Waals surface area contributed by atoms with Gasteiger partial charge in [0.15, 0.2) is 28.8 Å². The van der Waals surface area contributed by atoms with Gasteiger partial charge in [-0.2, -0.15) is 9.62 Å². The van der Waals surface area contributed by atoms with Gasteiger partial charge in [0.1, 0.15) is 5.82 Å². The number of anilines is 1. The summed E-state index contributed by atoms with van der Waals surface area (Å²) in [6, 6.07) is 12.5. The molecule has 146 valence electrons. The lowest BCUT2D eigenvalue weighted by molar-refractivity contribution is 0.373. The maximum atomic E-state index is 14.3. The van der Waals surface area contributed by atoms with Crippen LogP contribution in [0.4, 0.5) is 10.2 Å². The second kappa shape index (κ2) is 7.72. The van der Waals surface area contributed by atoms with E-state index in [1.54, 1.807) is 30.3 Å². The van der Waals surface area contributed by atoms with E-state index in [1.165, 1.54) is 36.0 Å². The zero-order chi connectivity index (χ0) is 20.4. The molecule has 4 rings (SSSR count). The van der Waals surface area contributed by atoms with Gasteiger partial charge >= 0.3 is 0 Å². The van der Waals surface area contributed by atoms with Crippen LogP contribution >= 0.6 is 11.6 Å². The predicted molar refractivity (Wildman–Crippen MR) is 107 cm³/mol. The van der Waals surface area contributed by atoms with E-state index < -0.39 is 5.82 Å². The highest BCUT2D eigenvalue weighted by Gasteiger charge is 2.17. The fourth-order valence-corrected chi connectivity index (χ4v) is 2.91. The first-order valence-electron chi connectivity index (χ1n) is 8.40. The van der Waals surface area contributed by atoms with E-state index in [1.807, 2.05) is 0 Å². The Hall–Kier alpha value is -3.72. The van der Waals surface area contributed by atoms with Crippen LogP contribution in [0.15, 0.2) is 53.6 Å². The maximum absolute atomic E-state index is 14.3. The van der Waals surface area contributed by atoms with E-state index >= 15 is 0 Å². The minimum absolute atomic E-state index is 0.0386. The third kappa shape index (κ3) is 3.67. The molecule has 0 aliphatic rings. The first kappa shape index (κ1) is 18.6. The van der Waals surface area contributed by atoms with Crippen LogP contribution < -0.4 is 10.2 Å². The summed E-state index contributed by atoms with van der Waals surface area (Å²) < 4.78 is 20.7. The predicted octanol–water partition coefficient (Wildman–Crippen LogP) is 3.74. The van der Waals surface area contributed by atoms with E-state index in [0.29, 0.717) is 22.8 Å². The van der Waals surface area contributed by atoms with Crippen LogP contribution in [0.25, 0.3) is 17.0 Å². The molecule has 0 unspecified atom stereocenters. The van der Waals surface area contributed by atoms with Gasteiger partial charge in [0.2, 0.25) is 0 Å². The third-order valence-electron chi connectivity index (χ3n) is 4.05. The Bertz CT molecular complexity index is 1210. The number of fused-ring (bicyclic) bond motifs is 1. The molecule has 0 amide bonds. The molecule has 2 aromatic heterocycles. The number of hydrazone groups is 1. The average molecular weight is 413 g/mol. The summed E-state index contributed by atoms with van der Waals surface area (Å²) in [6.07, 6.45) is 1.54. The standard InChI is InChI=1S/C19H14ClFN6O2/c1-29-15-9-11(5-6-14(15)28)10-22-23-16-7-8-17-24-25-19(27(17)26-16)18-12(20)3-2-4-13(18)21/h2-10,28H,1H3,(H,23,26). The van der Waals surface area contributed by atoms with Crippen molar-refractivity contribution in [3.63, 3.8) is 0 Å². The Morgan fingerprint density at radius 2 is 2.07 bits per heavy atom. The molecule has 29 heavy (non-hydrogen) atoms. The van der Waals surface area contributed by atoms with Crippen LogP contribution in [0.3, 0.4) is 0 Å². The number of ether oxygens (including phenoxy) is 1. The molecular formula is C19H14ClFN6O2. The van der Waals surface area contributed by atoms with E-state index in [9.17, 15) is 9.50 Å². The van der Waals surface area contributed by atoms with Crippen molar-refractivity contribution in [1.29, 1.82) is 0 Å². The van der Waals surface area contributed by atoms with Crippen LogP contribution in [-0.2, 0) is 0 Å². The highest BCUT2D eigenvalue weighted by atomic mass is 35.5. The van der Waals surface area contributed by atoms with Crippen LogP contribution in [0.5, 0.6) is 11.5 Å². The monoisotopic (exact) mass is 412 g/mol. The molecule has 0 fully saturated rings. The first-order chi connectivity index (χ1) is 14.1. The van der Waals surface area contributed by atoms with Crippen LogP contribution in [-0.4, -0.2) is 38.2 Å². The van der Waals surface area contributed by atoms with Crippen molar-refractivity contribution in [2.75, 3.05) is 12.5 Å². The van der Waals surface area contributed by atoms with Gasteiger partial charge in [-0.3, -0.25) is 5.43 Å². The quantitative estimate of drug-likeness (QED) is 0.383. The van der Waals surface area contributed by atoms with Crippen molar-refractivity contribution in [2.24, 2.45) is 5.10 Å². The van der Waals surface area contributed by atoms with Crippen LogP contribution in [0.1, 0.15) is 5.56 Å². The molecule has 8 nitrogen and oxygen atoms in total. The lowest BCUT2D eigenvalue weighted by Gasteiger charge is -2.05. The number of nitrogens with zero attached hydrogens (tertiary/aromatic N) is 5. The Labute approximate surface area is 169 Å². The summed E-state index contributed by atoms with van der Waals surface area (Å²) in [7, 11) is 1.46. The van der Waals surface area contributed by atoms with Crippen molar-refractivity contribution in [1.82, 2.24) is 19.8 Å². The van der Waals surface area contributed by atoms with Gasteiger partial charge in [0.05, 0.1) is 23.9 Å². The number of benzene rings is 2. The molecule has 0 atom stereocenters. The highest BCUT2D eigenvalue weighted by Crippen LogP contribution is 2.29. The minimum Gasteiger partial charge on any atom is -0.504 e. The number of methoxy groups -OCH3 is 1. The van der Waals surface area contributed by atoms with Crippen molar-refractivity contribution in [3.8, 4) is 22.9 Å². The molecule has 2 heterocycles. The van der Waals surface area contributed by atoms with Gasteiger partial charge in [-0.15, -0.1) is 15.3 Å². The molecule has 0 radical (unpaired) electrons. The average Bonchev–Trinajstić information content (AvgIpc) is 3.12. The van der Waals surface area contributed by atoms with Gasteiger partial charge in [-0.1, -0.05) is 17.7 Å². The van der Waals surface area contributed by atoms with E-state index in [2.05, 4.69) is 25.8 Å². The number of aromatic hydroxyl groups is 1. The number of phenolic OH excluding ortho intramolecular Hbond substituents is 1. The topological polar surface area (TPSA) is 96.9 Å². The molecule has 2 aromatic carbocycles. The molecule has 0 saturated heterocycles. The normalized spacial score (nSPS) is 11.3. The molecule has 0 aliphatic heterocycles.